The van der Waals surface area contributed by atoms with Gasteiger partial charge in [0.1, 0.15) is 0 Å². The number of amides is 2. The van der Waals surface area contributed by atoms with Crippen LogP contribution in [0.3, 0.4) is 0 Å². The highest BCUT2D eigenvalue weighted by molar-refractivity contribution is 14.1. The maximum atomic E-state index is 11.9. The molecule has 2 aromatic rings. The summed E-state index contributed by atoms with van der Waals surface area (Å²) in [6.07, 6.45) is 3.33. The molecule has 0 aliphatic carbocycles. The van der Waals surface area contributed by atoms with Crippen LogP contribution in [-0.4, -0.2) is 23.3 Å². The number of aromatic nitrogens is 1. The number of hydrogen-bond donors (Lipinski definition) is 2. The molecule has 0 bridgehead atoms. The first-order valence-electron chi connectivity index (χ1n) is 6.35. The maximum absolute atomic E-state index is 11.9. The Morgan fingerprint density at radius 2 is 1.76 bits per heavy atom. The van der Waals surface area contributed by atoms with Crippen LogP contribution in [0.5, 0.6) is 0 Å². The average Bonchev–Trinajstić information content (AvgIpc) is 2.52. The molecule has 0 saturated heterocycles. The van der Waals surface area contributed by atoms with Crippen LogP contribution >= 0.6 is 22.6 Å². The summed E-state index contributed by atoms with van der Waals surface area (Å²) >= 11 is 2.09. The van der Waals surface area contributed by atoms with Crippen molar-refractivity contribution in [3.8, 4) is 0 Å². The quantitative estimate of drug-likeness (QED) is 0.758. The molecule has 108 valence electrons. The SMILES string of the molecule is O=C(CNC(=O)c1ccccc1I)NCc1ccncc1. The van der Waals surface area contributed by atoms with E-state index in [1.165, 1.54) is 0 Å². The molecule has 21 heavy (non-hydrogen) atoms. The third-order valence-corrected chi connectivity index (χ3v) is 3.71. The van der Waals surface area contributed by atoms with Gasteiger partial charge >= 0.3 is 0 Å². The Balaban J connectivity index is 1.79. The molecule has 1 aromatic carbocycles. The highest BCUT2D eigenvalue weighted by Crippen LogP contribution is 2.10. The number of carbonyl (C=O) groups is 2. The molecule has 0 radical (unpaired) electrons. The summed E-state index contributed by atoms with van der Waals surface area (Å²) in [5.74, 6) is -0.481. The molecule has 0 spiro atoms. The van der Waals surface area contributed by atoms with Gasteiger partial charge in [-0.15, -0.1) is 0 Å². The normalized spacial score (nSPS) is 9.95. The molecule has 2 N–H and O–H groups in total. The summed E-state index contributed by atoms with van der Waals surface area (Å²) in [5, 5.41) is 5.34. The molecule has 0 aliphatic rings. The van der Waals surface area contributed by atoms with E-state index in [1.54, 1.807) is 24.5 Å². The summed E-state index contributed by atoms with van der Waals surface area (Å²) in [6, 6.07) is 10.9. The van der Waals surface area contributed by atoms with Gasteiger partial charge in [0, 0.05) is 22.5 Å². The Morgan fingerprint density at radius 3 is 2.48 bits per heavy atom. The Kier molecular flexibility index (Phi) is 5.68. The van der Waals surface area contributed by atoms with E-state index in [0.29, 0.717) is 12.1 Å². The third kappa shape index (κ3) is 4.82. The van der Waals surface area contributed by atoms with E-state index < -0.39 is 0 Å². The Morgan fingerprint density at radius 1 is 1.05 bits per heavy atom. The van der Waals surface area contributed by atoms with Gasteiger partial charge in [0.15, 0.2) is 0 Å². The van der Waals surface area contributed by atoms with Crippen molar-refractivity contribution in [2.45, 2.75) is 6.54 Å². The summed E-state index contributed by atoms with van der Waals surface area (Å²) < 4.78 is 0.852. The summed E-state index contributed by atoms with van der Waals surface area (Å²) in [6.45, 7) is 0.370. The minimum absolute atomic E-state index is 0.0467. The first-order valence-corrected chi connectivity index (χ1v) is 7.43. The molecule has 0 aliphatic heterocycles. The molecular weight excluding hydrogens is 381 g/mol. The fourth-order valence-electron chi connectivity index (χ4n) is 1.66. The molecular formula is C15H14IN3O2. The molecule has 0 atom stereocenters. The number of carbonyl (C=O) groups excluding carboxylic acids is 2. The second-order valence-corrected chi connectivity index (χ2v) is 5.46. The van der Waals surface area contributed by atoms with Gasteiger partial charge in [0.25, 0.3) is 5.91 Å². The number of nitrogens with zero attached hydrogens (tertiary/aromatic N) is 1. The lowest BCUT2D eigenvalue weighted by Gasteiger charge is -2.08. The van der Waals surface area contributed by atoms with Crippen molar-refractivity contribution in [2.75, 3.05) is 6.54 Å². The van der Waals surface area contributed by atoms with Crippen molar-refractivity contribution >= 4 is 34.4 Å². The van der Waals surface area contributed by atoms with Crippen molar-refractivity contribution < 1.29 is 9.59 Å². The lowest BCUT2D eigenvalue weighted by molar-refractivity contribution is -0.120. The Bertz CT molecular complexity index is 632. The van der Waals surface area contributed by atoms with Crippen LogP contribution in [0.1, 0.15) is 15.9 Å². The van der Waals surface area contributed by atoms with E-state index in [9.17, 15) is 9.59 Å². The lowest BCUT2D eigenvalue weighted by atomic mass is 10.2. The lowest BCUT2D eigenvalue weighted by Crippen LogP contribution is -2.36. The van der Waals surface area contributed by atoms with Gasteiger partial charge in [-0.05, 0) is 52.4 Å². The Hall–Kier alpha value is -1.96. The zero-order chi connectivity index (χ0) is 15.1. The van der Waals surface area contributed by atoms with Gasteiger partial charge in [-0.25, -0.2) is 0 Å². The maximum Gasteiger partial charge on any atom is 0.252 e. The van der Waals surface area contributed by atoms with Crippen molar-refractivity contribution in [3.63, 3.8) is 0 Å². The summed E-state index contributed by atoms with van der Waals surface area (Å²) in [4.78, 5) is 27.5. The number of pyridine rings is 1. The van der Waals surface area contributed by atoms with Crippen LogP contribution in [0.25, 0.3) is 0 Å². The molecule has 0 unspecified atom stereocenters. The van der Waals surface area contributed by atoms with Crippen molar-refractivity contribution in [3.05, 3.63) is 63.5 Å². The van der Waals surface area contributed by atoms with E-state index in [2.05, 4.69) is 38.2 Å². The molecule has 2 rings (SSSR count). The van der Waals surface area contributed by atoms with Crippen LogP contribution in [0, 0.1) is 3.57 Å². The monoisotopic (exact) mass is 395 g/mol. The first kappa shape index (κ1) is 15.4. The molecule has 1 aromatic heterocycles. The van der Waals surface area contributed by atoms with E-state index >= 15 is 0 Å². The summed E-state index contributed by atoms with van der Waals surface area (Å²) in [7, 11) is 0. The number of nitrogens with one attached hydrogen (secondary N) is 2. The van der Waals surface area contributed by atoms with Crippen LogP contribution in [-0.2, 0) is 11.3 Å². The standard InChI is InChI=1S/C15H14IN3O2/c16-13-4-2-1-3-12(13)15(21)19-10-14(20)18-9-11-5-7-17-8-6-11/h1-8H,9-10H2,(H,18,20)(H,19,21). The highest BCUT2D eigenvalue weighted by Gasteiger charge is 2.10. The van der Waals surface area contributed by atoms with Gasteiger partial charge in [-0.2, -0.15) is 0 Å². The predicted molar refractivity (Wildman–Crippen MR) is 87.6 cm³/mol. The zero-order valence-corrected chi connectivity index (χ0v) is 13.3. The van der Waals surface area contributed by atoms with Crippen LogP contribution < -0.4 is 10.6 Å². The minimum atomic E-state index is -0.251. The van der Waals surface area contributed by atoms with Gasteiger partial charge in [-0.1, -0.05) is 12.1 Å². The number of hydrogen-bond acceptors (Lipinski definition) is 3. The molecule has 2 amide bonds. The number of halogens is 1. The summed E-state index contributed by atoms with van der Waals surface area (Å²) in [5.41, 5.74) is 1.53. The minimum Gasteiger partial charge on any atom is -0.350 e. The third-order valence-electron chi connectivity index (χ3n) is 2.77. The first-order chi connectivity index (χ1) is 10.2. The molecule has 0 fully saturated rings. The predicted octanol–water partition coefficient (Wildman–Crippen LogP) is 1.73. The second-order valence-electron chi connectivity index (χ2n) is 4.29. The molecule has 5 nitrogen and oxygen atoms in total. The molecule has 1 heterocycles. The van der Waals surface area contributed by atoms with Crippen LogP contribution in [0.4, 0.5) is 0 Å². The van der Waals surface area contributed by atoms with Gasteiger partial charge in [0.05, 0.1) is 12.1 Å². The topological polar surface area (TPSA) is 71.1 Å². The fraction of sp³-hybridized carbons (Fsp3) is 0.133. The largest absolute Gasteiger partial charge is 0.350 e. The van der Waals surface area contributed by atoms with Crippen molar-refractivity contribution in [2.24, 2.45) is 0 Å². The second kappa shape index (κ2) is 7.72. The Labute approximate surface area is 136 Å². The zero-order valence-electron chi connectivity index (χ0n) is 11.2. The molecule has 6 heteroatoms. The van der Waals surface area contributed by atoms with E-state index in [-0.39, 0.29) is 18.4 Å². The van der Waals surface area contributed by atoms with Crippen molar-refractivity contribution in [1.29, 1.82) is 0 Å². The van der Waals surface area contributed by atoms with Gasteiger partial charge < -0.3 is 10.6 Å². The number of benzene rings is 1. The smallest absolute Gasteiger partial charge is 0.252 e. The van der Waals surface area contributed by atoms with E-state index in [0.717, 1.165) is 9.13 Å². The highest BCUT2D eigenvalue weighted by atomic mass is 127. The molecule has 0 saturated carbocycles. The van der Waals surface area contributed by atoms with Gasteiger partial charge in [-0.3, -0.25) is 14.6 Å². The van der Waals surface area contributed by atoms with E-state index in [1.807, 2.05) is 24.3 Å². The van der Waals surface area contributed by atoms with E-state index in [4.69, 9.17) is 0 Å². The average molecular weight is 395 g/mol. The van der Waals surface area contributed by atoms with Crippen LogP contribution in [0.2, 0.25) is 0 Å². The van der Waals surface area contributed by atoms with Crippen molar-refractivity contribution in [1.82, 2.24) is 15.6 Å². The fourth-order valence-corrected chi connectivity index (χ4v) is 2.30. The number of rotatable bonds is 5. The van der Waals surface area contributed by atoms with Crippen LogP contribution in [0.15, 0.2) is 48.8 Å². The van der Waals surface area contributed by atoms with Gasteiger partial charge in [0.2, 0.25) is 5.91 Å².